The van der Waals surface area contributed by atoms with Crippen molar-refractivity contribution in [1.29, 1.82) is 0 Å². The molecule has 0 radical (unpaired) electrons. The lowest BCUT2D eigenvalue weighted by atomic mass is 10.2. The molecule has 0 amide bonds. The Morgan fingerprint density at radius 3 is 2.41 bits per heavy atom. The second-order valence-corrected chi connectivity index (χ2v) is 4.46. The molecule has 22 heavy (non-hydrogen) atoms. The summed E-state index contributed by atoms with van der Waals surface area (Å²) in [5, 5.41) is 0. The van der Waals surface area contributed by atoms with E-state index in [1.807, 2.05) is 0 Å². The van der Waals surface area contributed by atoms with Gasteiger partial charge in [0.2, 0.25) is 0 Å². The van der Waals surface area contributed by atoms with Gasteiger partial charge in [-0.2, -0.15) is 0 Å². The summed E-state index contributed by atoms with van der Waals surface area (Å²) in [6.45, 7) is 2.00. The van der Waals surface area contributed by atoms with Crippen LogP contribution in [-0.4, -0.2) is 13.7 Å². The van der Waals surface area contributed by atoms with E-state index >= 15 is 0 Å². The number of rotatable bonds is 6. The van der Waals surface area contributed by atoms with Gasteiger partial charge in [0.15, 0.2) is 11.5 Å². The maximum Gasteiger partial charge on any atom is 0.164 e. The largest absolute Gasteiger partial charge is 0.496 e. The highest BCUT2D eigenvalue weighted by atomic mass is 19.1. The fraction of sp³-hybridized carbons (Fsp3) is 0.250. The molecule has 2 aromatic rings. The van der Waals surface area contributed by atoms with Crippen LogP contribution in [0.1, 0.15) is 12.5 Å². The van der Waals surface area contributed by atoms with E-state index in [1.54, 1.807) is 19.1 Å². The number of nitrogens with two attached hydrogens (primary N) is 1. The summed E-state index contributed by atoms with van der Waals surface area (Å²) < 4.78 is 43.3. The van der Waals surface area contributed by atoms with Crippen molar-refractivity contribution < 1.29 is 23.0 Å². The molecule has 0 bridgehead atoms. The van der Waals surface area contributed by atoms with E-state index in [9.17, 15) is 8.78 Å². The van der Waals surface area contributed by atoms with Gasteiger partial charge in [-0.05, 0) is 19.1 Å². The number of hydrogen-bond donors (Lipinski definition) is 1. The summed E-state index contributed by atoms with van der Waals surface area (Å²) in [7, 11) is 1.44. The molecule has 0 fully saturated rings. The van der Waals surface area contributed by atoms with Crippen LogP contribution >= 0.6 is 0 Å². The molecular weight excluding hydrogens is 292 g/mol. The molecule has 0 atom stereocenters. The van der Waals surface area contributed by atoms with Crippen LogP contribution in [0.15, 0.2) is 30.3 Å². The Balaban J connectivity index is 2.27. The van der Waals surface area contributed by atoms with Crippen molar-refractivity contribution in [1.82, 2.24) is 0 Å². The van der Waals surface area contributed by atoms with Crippen LogP contribution in [0.4, 0.5) is 14.5 Å². The fourth-order valence-electron chi connectivity index (χ4n) is 1.95. The molecule has 6 heteroatoms. The van der Waals surface area contributed by atoms with Crippen molar-refractivity contribution in [2.75, 3.05) is 19.5 Å². The SMILES string of the molecule is CCOc1cc(F)c(N)cc1OCc1c(F)cccc1OC. The Kier molecular flexibility index (Phi) is 5.04. The van der Waals surface area contributed by atoms with Gasteiger partial charge in [-0.3, -0.25) is 0 Å². The number of nitrogen functional groups attached to an aromatic ring is 1. The number of hydrogen-bond acceptors (Lipinski definition) is 4. The maximum absolute atomic E-state index is 13.9. The molecule has 0 saturated carbocycles. The van der Waals surface area contributed by atoms with Crippen LogP contribution < -0.4 is 19.9 Å². The normalized spacial score (nSPS) is 10.4. The molecule has 0 heterocycles. The molecule has 0 aliphatic rings. The summed E-state index contributed by atoms with van der Waals surface area (Å²) in [6.07, 6.45) is 0. The maximum atomic E-state index is 13.9. The number of benzene rings is 2. The summed E-state index contributed by atoms with van der Waals surface area (Å²) >= 11 is 0. The van der Waals surface area contributed by atoms with Crippen molar-refractivity contribution in [2.24, 2.45) is 0 Å². The lowest BCUT2D eigenvalue weighted by Gasteiger charge is -2.15. The fourth-order valence-corrected chi connectivity index (χ4v) is 1.95. The summed E-state index contributed by atoms with van der Waals surface area (Å²) in [6, 6.07) is 6.94. The second-order valence-electron chi connectivity index (χ2n) is 4.46. The summed E-state index contributed by atoms with van der Waals surface area (Å²) in [4.78, 5) is 0. The van der Waals surface area contributed by atoms with E-state index in [1.165, 1.54) is 19.2 Å². The molecule has 4 nitrogen and oxygen atoms in total. The Bertz CT molecular complexity index is 662. The number of halogens is 2. The second kappa shape index (κ2) is 6.98. The van der Waals surface area contributed by atoms with Crippen molar-refractivity contribution in [3.8, 4) is 17.2 Å². The van der Waals surface area contributed by atoms with Crippen LogP contribution in [0, 0.1) is 11.6 Å². The zero-order valence-corrected chi connectivity index (χ0v) is 12.4. The molecule has 0 aliphatic heterocycles. The van der Waals surface area contributed by atoms with Gasteiger partial charge < -0.3 is 19.9 Å². The minimum absolute atomic E-state index is 0.0704. The molecule has 2 aromatic carbocycles. The number of methoxy groups -OCH3 is 1. The third kappa shape index (κ3) is 3.39. The Labute approximate surface area is 127 Å². The van der Waals surface area contributed by atoms with E-state index < -0.39 is 11.6 Å². The van der Waals surface area contributed by atoms with Gasteiger partial charge in [0, 0.05) is 12.1 Å². The van der Waals surface area contributed by atoms with Crippen LogP contribution in [0.3, 0.4) is 0 Å². The highest BCUT2D eigenvalue weighted by Gasteiger charge is 2.14. The van der Waals surface area contributed by atoms with Gasteiger partial charge in [0.25, 0.3) is 0 Å². The van der Waals surface area contributed by atoms with Crippen LogP contribution in [0.2, 0.25) is 0 Å². The standard InChI is InChI=1S/C16H17F2NO3/c1-3-21-15-7-12(18)13(19)8-16(15)22-9-10-11(17)5-4-6-14(10)20-2/h4-8H,3,9,19H2,1-2H3. The first-order valence-corrected chi connectivity index (χ1v) is 6.72. The van der Waals surface area contributed by atoms with Crippen molar-refractivity contribution >= 4 is 5.69 Å². The zero-order valence-electron chi connectivity index (χ0n) is 12.4. The molecule has 0 spiro atoms. The first-order valence-electron chi connectivity index (χ1n) is 6.72. The zero-order chi connectivity index (χ0) is 16.1. The van der Waals surface area contributed by atoms with E-state index in [0.29, 0.717) is 12.4 Å². The predicted molar refractivity (Wildman–Crippen MR) is 79.3 cm³/mol. The minimum Gasteiger partial charge on any atom is -0.496 e. The van der Waals surface area contributed by atoms with Gasteiger partial charge >= 0.3 is 0 Å². The van der Waals surface area contributed by atoms with E-state index in [-0.39, 0.29) is 29.4 Å². The molecule has 0 aromatic heterocycles. The molecule has 2 rings (SSSR count). The molecule has 0 unspecified atom stereocenters. The van der Waals surface area contributed by atoms with E-state index in [4.69, 9.17) is 19.9 Å². The molecule has 0 aliphatic carbocycles. The summed E-state index contributed by atoms with van der Waals surface area (Å²) in [5.74, 6) is -0.227. The lowest BCUT2D eigenvalue weighted by Crippen LogP contribution is -2.04. The van der Waals surface area contributed by atoms with Gasteiger partial charge in [-0.25, -0.2) is 8.78 Å². The Morgan fingerprint density at radius 1 is 1.00 bits per heavy atom. The first-order chi connectivity index (χ1) is 10.6. The number of ether oxygens (including phenoxy) is 3. The molecule has 118 valence electrons. The van der Waals surface area contributed by atoms with Gasteiger partial charge in [0.05, 0.1) is 25.0 Å². The Hall–Kier alpha value is -2.50. The third-order valence-electron chi connectivity index (χ3n) is 3.03. The van der Waals surface area contributed by atoms with Crippen LogP contribution in [0.25, 0.3) is 0 Å². The highest BCUT2D eigenvalue weighted by Crippen LogP contribution is 2.33. The highest BCUT2D eigenvalue weighted by molar-refractivity contribution is 5.53. The van der Waals surface area contributed by atoms with Gasteiger partial charge in [-0.15, -0.1) is 0 Å². The average molecular weight is 309 g/mol. The topological polar surface area (TPSA) is 53.7 Å². The van der Waals surface area contributed by atoms with Crippen molar-refractivity contribution in [3.05, 3.63) is 47.5 Å². The van der Waals surface area contributed by atoms with Gasteiger partial charge in [-0.1, -0.05) is 6.07 Å². The quantitative estimate of drug-likeness (QED) is 0.829. The van der Waals surface area contributed by atoms with Gasteiger partial charge in [0.1, 0.15) is 24.0 Å². The van der Waals surface area contributed by atoms with E-state index in [2.05, 4.69) is 0 Å². The number of anilines is 1. The van der Waals surface area contributed by atoms with Crippen molar-refractivity contribution in [2.45, 2.75) is 13.5 Å². The molecule has 0 saturated heterocycles. The smallest absolute Gasteiger partial charge is 0.164 e. The lowest BCUT2D eigenvalue weighted by molar-refractivity contribution is 0.260. The average Bonchev–Trinajstić information content (AvgIpc) is 2.50. The van der Waals surface area contributed by atoms with E-state index in [0.717, 1.165) is 6.07 Å². The predicted octanol–water partition coefficient (Wildman–Crippen LogP) is 3.53. The van der Waals surface area contributed by atoms with Crippen LogP contribution in [0.5, 0.6) is 17.2 Å². The van der Waals surface area contributed by atoms with Crippen molar-refractivity contribution in [3.63, 3.8) is 0 Å². The third-order valence-corrected chi connectivity index (χ3v) is 3.03. The monoisotopic (exact) mass is 309 g/mol. The molecular formula is C16H17F2NO3. The minimum atomic E-state index is -0.598. The molecule has 2 N–H and O–H groups in total. The summed E-state index contributed by atoms with van der Waals surface area (Å²) in [5.41, 5.74) is 5.72. The Morgan fingerprint density at radius 2 is 1.73 bits per heavy atom. The van der Waals surface area contributed by atoms with Crippen LogP contribution in [-0.2, 0) is 6.61 Å². The first kappa shape index (κ1) is 15.9.